The number of para-hydroxylation sites is 1. The van der Waals surface area contributed by atoms with Crippen molar-refractivity contribution < 1.29 is 9.84 Å². The summed E-state index contributed by atoms with van der Waals surface area (Å²) >= 11 is 0. The van der Waals surface area contributed by atoms with E-state index in [0.717, 1.165) is 17.7 Å². The van der Waals surface area contributed by atoms with Crippen molar-refractivity contribution in [2.24, 2.45) is 0 Å². The summed E-state index contributed by atoms with van der Waals surface area (Å²) in [6.45, 7) is 3.99. The highest BCUT2D eigenvalue weighted by Gasteiger charge is 2.13. The molecule has 0 bridgehead atoms. The molecular weight excluding hydrogens is 248 g/mol. The van der Waals surface area contributed by atoms with Gasteiger partial charge < -0.3 is 9.84 Å². The number of aliphatic hydroxyl groups is 1. The van der Waals surface area contributed by atoms with Crippen molar-refractivity contribution in [1.29, 1.82) is 0 Å². The Balaban J connectivity index is 2.03. The summed E-state index contributed by atoms with van der Waals surface area (Å²) in [5.74, 6) is 0.781. The third kappa shape index (κ3) is 4.10. The van der Waals surface area contributed by atoms with Gasteiger partial charge in [-0.2, -0.15) is 0 Å². The lowest BCUT2D eigenvalue weighted by Gasteiger charge is -2.18. The standard InChI is InChI=1S/C18H22O2/c1-14(2)20-18-11-7-6-10-16(18)17(19)13-12-15-8-4-3-5-9-15/h3-11,14,17,19H,12-13H2,1-2H3. The molecule has 2 nitrogen and oxygen atoms in total. The van der Waals surface area contributed by atoms with E-state index in [1.54, 1.807) is 0 Å². The molecule has 0 aliphatic heterocycles. The Morgan fingerprint density at radius 1 is 0.950 bits per heavy atom. The lowest BCUT2D eigenvalue weighted by Crippen LogP contribution is -2.09. The number of hydrogen-bond acceptors (Lipinski definition) is 2. The lowest BCUT2D eigenvalue weighted by atomic mass is 10.0. The predicted octanol–water partition coefficient (Wildman–Crippen LogP) is 4.14. The van der Waals surface area contributed by atoms with Crippen molar-refractivity contribution in [3.05, 3.63) is 65.7 Å². The first-order valence-corrected chi connectivity index (χ1v) is 7.14. The van der Waals surface area contributed by atoms with E-state index in [9.17, 15) is 5.11 Å². The first-order chi connectivity index (χ1) is 9.66. The Labute approximate surface area is 121 Å². The van der Waals surface area contributed by atoms with Crippen molar-refractivity contribution >= 4 is 0 Å². The van der Waals surface area contributed by atoms with E-state index in [0.29, 0.717) is 6.42 Å². The van der Waals surface area contributed by atoms with Gasteiger partial charge in [-0.1, -0.05) is 48.5 Å². The summed E-state index contributed by atoms with van der Waals surface area (Å²) in [4.78, 5) is 0. The van der Waals surface area contributed by atoms with Crippen LogP contribution in [0.25, 0.3) is 0 Å². The van der Waals surface area contributed by atoms with Gasteiger partial charge in [-0.25, -0.2) is 0 Å². The molecule has 1 atom stereocenters. The molecule has 1 N–H and O–H groups in total. The number of hydrogen-bond donors (Lipinski definition) is 1. The fraction of sp³-hybridized carbons (Fsp3) is 0.333. The summed E-state index contributed by atoms with van der Waals surface area (Å²) in [6.07, 6.45) is 1.17. The minimum absolute atomic E-state index is 0.109. The zero-order valence-electron chi connectivity index (χ0n) is 12.1. The molecular formula is C18H22O2. The third-order valence-electron chi connectivity index (χ3n) is 3.19. The molecule has 0 aromatic heterocycles. The Kier molecular flexibility index (Phi) is 5.19. The number of aryl methyl sites for hydroxylation is 1. The predicted molar refractivity (Wildman–Crippen MR) is 81.9 cm³/mol. The summed E-state index contributed by atoms with van der Waals surface area (Å²) in [5, 5.41) is 10.4. The molecule has 0 aliphatic rings. The van der Waals surface area contributed by atoms with Gasteiger partial charge in [0.2, 0.25) is 0 Å². The maximum Gasteiger partial charge on any atom is 0.125 e. The molecule has 0 fully saturated rings. The van der Waals surface area contributed by atoms with Crippen LogP contribution in [0, 0.1) is 0 Å². The van der Waals surface area contributed by atoms with Crippen LogP contribution in [0.15, 0.2) is 54.6 Å². The molecule has 0 aliphatic carbocycles. The smallest absolute Gasteiger partial charge is 0.125 e. The molecule has 0 spiro atoms. The van der Waals surface area contributed by atoms with Gasteiger partial charge in [0, 0.05) is 5.56 Å². The van der Waals surface area contributed by atoms with E-state index < -0.39 is 6.10 Å². The molecule has 1 unspecified atom stereocenters. The maximum absolute atomic E-state index is 10.4. The van der Waals surface area contributed by atoms with Crippen molar-refractivity contribution in [2.75, 3.05) is 0 Å². The maximum atomic E-state index is 10.4. The van der Waals surface area contributed by atoms with Crippen LogP contribution in [0.5, 0.6) is 5.75 Å². The van der Waals surface area contributed by atoms with Gasteiger partial charge in [0.1, 0.15) is 5.75 Å². The van der Waals surface area contributed by atoms with Crippen LogP contribution >= 0.6 is 0 Å². The Morgan fingerprint density at radius 3 is 2.30 bits per heavy atom. The number of rotatable bonds is 6. The quantitative estimate of drug-likeness (QED) is 0.854. The zero-order valence-corrected chi connectivity index (χ0v) is 12.1. The monoisotopic (exact) mass is 270 g/mol. The number of aliphatic hydroxyl groups excluding tert-OH is 1. The van der Waals surface area contributed by atoms with E-state index in [1.807, 2.05) is 56.3 Å². The van der Waals surface area contributed by atoms with Gasteiger partial charge >= 0.3 is 0 Å². The van der Waals surface area contributed by atoms with Crippen LogP contribution in [0.1, 0.15) is 37.5 Å². The molecule has 0 heterocycles. The van der Waals surface area contributed by atoms with Crippen LogP contribution < -0.4 is 4.74 Å². The van der Waals surface area contributed by atoms with Gasteiger partial charge in [0.15, 0.2) is 0 Å². The van der Waals surface area contributed by atoms with Crippen LogP contribution in [0.2, 0.25) is 0 Å². The highest BCUT2D eigenvalue weighted by atomic mass is 16.5. The second-order valence-electron chi connectivity index (χ2n) is 5.24. The Morgan fingerprint density at radius 2 is 1.60 bits per heavy atom. The number of ether oxygens (including phenoxy) is 1. The zero-order chi connectivity index (χ0) is 14.4. The van der Waals surface area contributed by atoms with Crippen LogP contribution in [0.4, 0.5) is 0 Å². The average Bonchev–Trinajstić information content (AvgIpc) is 2.46. The third-order valence-corrected chi connectivity index (χ3v) is 3.19. The number of benzene rings is 2. The SMILES string of the molecule is CC(C)Oc1ccccc1C(O)CCc1ccccc1. The molecule has 2 aromatic rings. The Hall–Kier alpha value is -1.80. The summed E-state index contributed by atoms with van der Waals surface area (Å²) in [7, 11) is 0. The second kappa shape index (κ2) is 7.11. The fourth-order valence-electron chi connectivity index (χ4n) is 2.22. The van der Waals surface area contributed by atoms with Gasteiger partial charge in [0.25, 0.3) is 0 Å². The van der Waals surface area contributed by atoms with Crippen molar-refractivity contribution in [3.63, 3.8) is 0 Å². The molecule has 0 saturated heterocycles. The van der Waals surface area contributed by atoms with Crippen LogP contribution in [-0.2, 0) is 6.42 Å². The van der Waals surface area contributed by atoms with Gasteiger partial charge in [-0.3, -0.25) is 0 Å². The second-order valence-corrected chi connectivity index (χ2v) is 5.24. The topological polar surface area (TPSA) is 29.5 Å². The molecule has 0 amide bonds. The minimum atomic E-state index is -0.495. The Bertz CT molecular complexity index is 520. The van der Waals surface area contributed by atoms with E-state index in [-0.39, 0.29) is 6.10 Å². The molecule has 2 heteroatoms. The van der Waals surface area contributed by atoms with E-state index in [2.05, 4.69) is 12.1 Å². The van der Waals surface area contributed by atoms with Gasteiger partial charge in [-0.05, 0) is 38.3 Å². The molecule has 2 rings (SSSR count). The van der Waals surface area contributed by atoms with Crippen molar-refractivity contribution in [3.8, 4) is 5.75 Å². The summed E-state index contributed by atoms with van der Waals surface area (Å²) in [6, 6.07) is 18.0. The van der Waals surface area contributed by atoms with E-state index >= 15 is 0 Å². The van der Waals surface area contributed by atoms with Gasteiger partial charge in [0.05, 0.1) is 12.2 Å². The van der Waals surface area contributed by atoms with Crippen molar-refractivity contribution in [2.45, 2.75) is 38.9 Å². The molecule has 0 radical (unpaired) electrons. The average molecular weight is 270 g/mol. The van der Waals surface area contributed by atoms with E-state index in [1.165, 1.54) is 5.56 Å². The van der Waals surface area contributed by atoms with Crippen LogP contribution in [-0.4, -0.2) is 11.2 Å². The highest BCUT2D eigenvalue weighted by molar-refractivity contribution is 5.35. The molecule has 20 heavy (non-hydrogen) atoms. The van der Waals surface area contributed by atoms with Gasteiger partial charge in [-0.15, -0.1) is 0 Å². The summed E-state index contributed by atoms with van der Waals surface area (Å²) in [5.41, 5.74) is 2.12. The molecule has 0 saturated carbocycles. The summed E-state index contributed by atoms with van der Waals surface area (Å²) < 4.78 is 5.76. The molecule has 106 valence electrons. The highest BCUT2D eigenvalue weighted by Crippen LogP contribution is 2.28. The first-order valence-electron chi connectivity index (χ1n) is 7.14. The molecule has 2 aromatic carbocycles. The largest absolute Gasteiger partial charge is 0.491 e. The van der Waals surface area contributed by atoms with Crippen molar-refractivity contribution in [1.82, 2.24) is 0 Å². The fourth-order valence-corrected chi connectivity index (χ4v) is 2.22. The normalized spacial score (nSPS) is 12.4. The first kappa shape index (κ1) is 14.6. The minimum Gasteiger partial charge on any atom is -0.491 e. The lowest BCUT2D eigenvalue weighted by molar-refractivity contribution is 0.157. The van der Waals surface area contributed by atoms with E-state index in [4.69, 9.17) is 4.74 Å². The van der Waals surface area contributed by atoms with Crippen LogP contribution in [0.3, 0.4) is 0 Å².